The van der Waals surface area contributed by atoms with Gasteiger partial charge in [-0.2, -0.15) is 13.9 Å². The maximum absolute atomic E-state index is 12.6. The van der Waals surface area contributed by atoms with Gasteiger partial charge >= 0.3 is 5.92 Å². The molecular formula is C7H7BrF2N2O. The normalized spacial score (nSPS) is 11.8. The van der Waals surface area contributed by atoms with Gasteiger partial charge in [-0.25, -0.2) is 0 Å². The first-order valence-electron chi connectivity index (χ1n) is 3.44. The Bertz CT molecular complexity index is 323. The summed E-state index contributed by atoms with van der Waals surface area (Å²) in [7, 11) is 1.43. The molecule has 0 spiro atoms. The molecule has 0 fully saturated rings. The van der Waals surface area contributed by atoms with Crippen LogP contribution in [0.5, 0.6) is 0 Å². The Labute approximate surface area is 81.9 Å². The molecule has 1 rings (SSSR count). The minimum Gasteiger partial charge on any atom is -0.286 e. The quantitative estimate of drug-likeness (QED) is 0.756. The Morgan fingerprint density at radius 3 is 2.54 bits per heavy atom. The number of rotatable bonds is 2. The molecule has 13 heavy (non-hydrogen) atoms. The first-order chi connectivity index (χ1) is 5.84. The molecule has 0 aliphatic carbocycles. The molecule has 1 heterocycles. The summed E-state index contributed by atoms with van der Waals surface area (Å²) in [5.41, 5.74) is -0.118. The Morgan fingerprint density at radius 2 is 2.23 bits per heavy atom. The number of Topliss-reactive ketones (excluding diaryl/α,β-unsaturated/α-hetero) is 1. The first-order valence-corrected chi connectivity index (χ1v) is 4.23. The van der Waals surface area contributed by atoms with E-state index in [-0.39, 0.29) is 10.2 Å². The third-order valence-corrected chi connectivity index (χ3v) is 2.09. The monoisotopic (exact) mass is 252 g/mol. The molecule has 6 heteroatoms. The highest BCUT2D eigenvalue weighted by Gasteiger charge is 2.36. The summed E-state index contributed by atoms with van der Waals surface area (Å²) in [6.07, 6.45) is 1.30. The number of nitrogens with zero attached hydrogens (tertiary/aromatic N) is 2. The van der Waals surface area contributed by atoms with Gasteiger partial charge in [0.2, 0.25) is 0 Å². The number of halogens is 3. The fourth-order valence-corrected chi connectivity index (χ4v) is 1.40. The highest BCUT2D eigenvalue weighted by atomic mass is 79.9. The van der Waals surface area contributed by atoms with Crippen molar-refractivity contribution >= 4 is 21.7 Å². The highest BCUT2D eigenvalue weighted by molar-refractivity contribution is 9.10. The van der Waals surface area contributed by atoms with E-state index in [1.165, 1.54) is 13.2 Å². The van der Waals surface area contributed by atoms with Gasteiger partial charge in [-0.3, -0.25) is 9.48 Å². The average molecular weight is 253 g/mol. The molecule has 1 aromatic heterocycles. The molecular weight excluding hydrogens is 246 g/mol. The van der Waals surface area contributed by atoms with Gasteiger partial charge in [-0.1, -0.05) is 0 Å². The molecule has 0 bridgehead atoms. The zero-order valence-corrected chi connectivity index (χ0v) is 8.60. The van der Waals surface area contributed by atoms with Crippen molar-refractivity contribution in [3.05, 3.63) is 16.4 Å². The van der Waals surface area contributed by atoms with Crippen molar-refractivity contribution < 1.29 is 13.6 Å². The van der Waals surface area contributed by atoms with Crippen LogP contribution in [0.25, 0.3) is 0 Å². The summed E-state index contributed by atoms with van der Waals surface area (Å²) in [5, 5.41) is 3.67. The fourth-order valence-electron chi connectivity index (χ4n) is 0.874. The van der Waals surface area contributed by atoms with E-state index >= 15 is 0 Å². The Morgan fingerprint density at radius 1 is 1.69 bits per heavy atom. The zero-order chi connectivity index (χ0) is 10.2. The lowest BCUT2D eigenvalue weighted by molar-refractivity contribution is 0.0211. The van der Waals surface area contributed by atoms with Crippen LogP contribution in [-0.4, -0.2) is 21.5 Å². The number of aryl methyl sites for hydroxylation is 1. The van der Waals surface area contributed by atoms with Gasteiger partial charge in [0.05, 0.1) is 10.7 Å². The zero-order valence-electron chi connectivity index (χ0n) is 7.01. The van der Waals surface area contributed by atoms with Crippen molar-refractivity contribution in [1.29, 1.82) is 0 Å². The number of aromatic nitrogens is 2. The maximum Gasteiger partial charge on any atom is 0.308 e. The lowest BCUT2D eigenvalue weighted by Crippen LogP contribution is -2.26. The highest BCUT2D eigenvalue weighted by Crippen LogP contribution is 2.24. The van der Waals surface area contributed by atoms with E-state index in [0.717, 1.165) is 4.68 Å². The molecule has 72 valence electrons. The summed E-state index contributed by atoms with van der Waals surface area (Å²) in [4.78, 5) is 11.1. The Hall–Kier alpha value is -0.780. The predicted octanol–water partition coefficient (Wildman–Crippen LogP) is 2.02. The van der Waals surface area contributed by atoms with Gasteiger partial charge in [0, 0.05) is 14.0 Å². The van der Waals surface area contributed by atoms with E-state index in [1.54, 1.807) is 0 Å². The molecule has 0 unspecified atom stereocenters. The second kappa shape index (κ2) is 3.17. The number of hydrogen-bond acceptors (Lipinski definition) is 2. The molecule has 1 aromatic rings. The van der Waals surface area contributed by atoms with Crippen molar-refractivity contribution in [2.75, 3.05) is 0 Å². The van der Waals surface area contributed by atoms with Crippen LogP contribution in [0.15, 0.2) is 10.7 Å². The molecule has 0 aromatic carbocycles. The SMILES string of the molecule is Cn1ncc(Br)c1C(=O)C(C)(F)F. The lowest BCUT2D eigenvalue weighted by atomic mass is 10.2. The van der Waals surface area contributed by atoms with Gasteiger partial charge < -0.3 is 0 Å². The number of ketones is 1. The summed E-state index contributed by atoms with van der Waals surface area (Å²) in [6, 6.07) is 0. The number of carbonyl (C=O) groups is 1. The van der Waals surface area contributed by atoms with Crippen LogP contribution in [0.1, 0.15) is 17.4 Å². The summed E-state index contributed by atoms with van der Waals surface area (Å²) < 4.78 is 26.6. The summed E-state index contributed by atoms with van der Waals surface area (Å²) in [6.45, 7) is 0.564. The van der Waals surface area contributed by atoms with Gasteiger partial charge in [0.25, 0.3) is 5.78 Å². The molecule has 0 radical (unpaired) electrons. The van der Waals surface area contributed by atoms with Gasteiger partial charge in [0.15, 0.2) is 0 Å². The van der Waals surface area contributed by atoms with E-state index < -0.39 is 11.7 Å². The predicted molar refractivity (Wildman–Crippen MR) is 45.9 cm³/mol. The molecule has 0 N–H and O–H groups in total. The smallest absolute Gasteiger partial charge is 0.286 e. The van der Waals surface area contributed by atoms with Crippen LogP contribution < -0.4 is 0 Å². The van der Waals surface area contributed by atoms with Crippen LogP contribution in [0, 0.1) is 0 Å². The van der Waals surface area contributed by atoms with E-state index in [1.807, 2.05) is 0 Å². The molecule has 0 atom stereocenters. The largest absolute Gasteiger partial charge is 0.308 e. The van der Waals surface area contributed by atoms with Gasteiger partial charge in [-0.05, 0) is 15.9 Å². The number of alkyl halides is 2. The van der Waals surface area contributed by atoms with Crippen molar-refractivity contribution in [3.63, 3.8) is 0 Å². The number of carbonyl (C=O) groups excluding carboxylic acids is 1. The molecule has 0 aliphatic heterocycles. The van der Waals surface area contributed by atoms with Crippen molar-refractivity contribution in [3.8, 4) is 0 Å². The van der Waals surface area contributed by atoms with E-state index in [4.69, 9.17) is 0 Å². The Balaban J connectivity index is 3.16. The second-order valence-electron chi connectivity index (χ2n) is 2.68. The summed E-state index contributed by atoms with van der Waals surface area (Å²) >= 11 is 2.97. The van der Waals surface area contributed by atoms with E-state index in [2.05, 4.69) is 21.0 Å². The lowest BCUT2D eigenvalue weighted by Gasteiger charge is -2.08. The molecule has 0 amide bonds. The van der Waals surface area contributed by atoms with Crippen molar-refractivity contribution in [1.82, 2.24) is 9.78 Å². The van der Waals surface area contributed by atoms with Crippen LogP contribution in [0.4, 0.5) is 8.78 Å². The van der Waals surface area contributed by atoms with Crippen LogP contribution in [0.2, 0.25) is 0 Å². The first kappa shape index (κ1) is 10.3. The minimum absolute atomic E-state index is 0.118. The summed E-state index contributed by atoms with van der Waals surface area (Å²) in [5.74, 6) is -4.60. The fraction of sp³-hybridized carbons (Fsp3) is 0.429. The molecule has 0 aliphatic rings. The van der Waals surface area contributed by atoms with Crippen molar-refractivity contribution in [2.24, 2.45) is 7.05 Å². The molecule has 0 saturated carbocycles. The van der Waals surface area contributed by atoms with Crippen LogP contribution in [-0.2, 0) is 7.05 Å². The third-order valence-electron chi connectivity index (χ3n) is 1.51. The maximum atomic E-state index is 12.6. The van der Waals surface area contributed by atoms with Gasteiger partial charge in [-0.15, -0.1) is 0 Å². The molecule has 3 nitrogen and oxygen atoms in total. The van der Waals surface area contributed by atoms with Gasteiger partial charge in [0.1, 0.15) is 5.69 Å². The van der Waals surface area contributed by atoms with E-state index in [0.29, 0.717) is 6.92 Å². The molecule has 0 saturated heterocycles. The minimum atomic E-state index is -3.36. The topological polar surface area (TPSA) is 34.9 Å². The van der Waals surface area contributed by atoms with Crippen LogP contribution >= 0.6 is 15.9 Å². The average Bonchev–Trinajstić information content (AvgIpc) is 2.28. The van der Waals surface area contributed by atoms with Crippen LogP contribution in [0.3, 0.4) is 0 Å². The number of hydrogen-bond donors (Lipinski definition) is 0. The van der Waals surface area contributed by atoms with E-state index in [9.17, 15) is 13.6 Å². The Kier molecular flexibility index (Phi) is 2.51. The third kappa shape index (κ3) is 1.93. The standard InChI is InChI=1S/C7H7BrF2N2O/c1-7(9,10)6(13)5-4(8)3-11-12(5)2/h3H,1-2H3. The van der Waals surface area contributed by atoms with Crippen molar-refractivity contribution in [2.45, 2.75) is 12.8 Å². The second-order valence-corrected chi connectivity index (χ2v) is 3.54.